The molecule has 0 bridgehead atoms. The van der Waals surface area contributed by atoms with Gasteiger partial charge in [-0.25, -0.2) is 0 Å². The first kappa shape index (κ1) is 11.6. The highest BCUT2D eigenvalue weighted by Crippen LogP contribution is 2.42. The predicted octanol–water partition coefficient (Wildman–Crippen LogP) is 4.30. The van der Waals surface area contributed by atoms with Crippen molar-refractivity contribution in [1.29, 1.82) is 0 Å². The zero-order valence-corrected chi connectivity index (χ0v) is 11.7. The molecule has 3 heterocycles. The van der Waals surface area contributed by atoms with Crippen LogP contribution in [0.2, 0.25) is 0 Å². The molecule has 0 saturated carbocycles. The summed E-state index contributed by atoms with van der Waals surface area (Å²) in [6.45, 7) is 0. The van der Waals surface area contributed by atoms with E-state index in [1.54, 1.807) is 22.7 Å². The fraction of sp³-hybridized carbons (Fsp3) is 0. The summed E-state index contributed by atoms with van der Waals surface area (Å²) in [5.41, 5.74) is 6.48. The summed E-state index contributed by atoms with van der Waals surface area (Å²) in [6, 6.07) is 10.1. The van der Waals surface area contributed by atoms with E-state index in [1.807, 2.05) is 29.0 Å². The highest BCUT2D eigenvalue weighted by atomic mass is 32.1. The SMILES string of the molecule is NC(=O)c1cc(-c2cccs2)c(-c2cccs2)s1. The maximum Gasteiger partial charge on any atom is 0.258 e. The Morgan fingerprint density at radius 2 is 1.72 bits per heavy atom. The third kappa shape index (κ3) is 2.01. The fourth-order valence-corrected chi connectivity index (χ4v) is 4.42. The van der Waals surface area contributed by atoms with E-state index >= 15 is 0 Å². The third-order valence-corrected chi connectivity index (χ3v) is 5.61. The zero-order chi connectivity index (χ0) is 12.5. The number of hydrogen-bond donors (Lipinski definition) is 1. The normalized spacial score (nSPS) is 10.7. The van der Waals surface area contributed by atoms with E-state index in [0.717, 1.165) is 10.4 Å². The number of amides is 1. The lowest BCUT2D eigenvalue weighted by molar-refractivity contribution is 0.100. The Bertz CT molecular complexity index is 613. The van der Waals surface area contributed by atoms with E-state index in [0.29, 0.717) is 4.88 Å². The van der Waals surface area contributed by atoms with E-state index in [9.17, 15) is 4.79 Å². The lowest BCUT2D eigenvalue weighted by Crippen LogP contribution is -2.08. The molecule has 2 nitrogen and oxygen atoms in total. The van der Waals surface area contributed by atoms with Crippen molar-refractivity contribution in [1.82, 2.24) is 0 Å². The van der Waals surface area contributed by atoms with Crippen LogP contribution >= 0.6 is 34.0 Å². The van der Waals surface area contributed by atoms with Crippen LogP contribution in [-0.2, 0) is 0 Å². The van der Waals surface area contributed by atoms with Gasteiger partial charge in [0.2, 0.25) is 0 Å². The van der Waals surface area contributed by atoms with Crippen LogP contribution in [0.5, 0.6) is 0 Å². The maximum absolute atomic E-state index is 11.3. The molecule has 0 aliphatic rings. The Hall–Kier alpha value is -1.43. The molecule has 0 aliphatic carbocycles. The highest BCUT2D eigenvalue weighted by molar-refractivity contribution is 7.23. The minimum absolute atomic E-state index is 0.361. The van der Waals surface area contributed by atoms with E-state index in [1.165, 1.54) is 21.1 Å². The molecule has 3 aromatic heterocycles. The molecular weight excluding hydrogens is 282 g/mol. The third-order valence-electron chi connectivity index (χ3n) is 2.51. The molecule has 3 aromatic rings. The van der Waals surface area contributed by atoms with Gasteiger partial charge in [0.15, 0.2) is 0 Å². The number of carbonyl (C=O) groups excluding carboxylic acids is 1. The standard InChI is InChI=1S/C13H9NOS3/c14-13(15)11-7-8(9-3-1-5-16-9)12(18-11)10-4-2-6-17-10/h1-7H,(H2,14,15). The molecule has 1 amide bonds. The van der Waals surface area contributed by atoms with Crippen molar-refractivity contribution in [2.45, 2.75) is 0 Å². The smallest absolute Gasteiger partial charge is 0.258 e. The molecule has 5 heteroatoms. The molecular formula is C13H9NOS3. The summed E-state index contributed by atoms with van der Waals surface area (Å²) in [5.74, 6) is -0.361. The van der Waals surface area contributed by atoms with E-state index in [2.05, 4.69) is 12.1 Å². The minimum atomic E-state index is -0.361. The average Bonchev–Trinajstić information content (AvgIpc) is 3.10. The summed E-state index contributed by atoms with van der Waals surface area (Å²) in [7, 11) is 0. The van der Waals surface area contributed by atoms with Crippen LogP contribution in [0, 0.1) is 0 Å². The minimum Gasteiger partial charge on any atom is -0.365 e. The average molecular weight is 291 g/mol. The summed E-state index contributed by atoms with van der Waals surface area (Å²) in [6.07, 6.45) is 0. The van der Waals surface area contributed by atoms with E-state index in [-0.39, 0.29) is 5.91 Å². The Morgan fingerprint density at radius 1 is 1.06 bits per heavy atom. The van der Waals surface area contributed by atoms with Gasteiger partial charge in [0, 0.05) is 15.3 Å². The number of rotatable bonds is 3. The summed E-state index contributed by atoms with van der Waals surface area (Å²) in [4.78, 5) is 15.4. The molecule has 0 aliphatic heterocycles. The lowest BCUT2D eigenvalue weighted by atomic mass is 10.2. The van der Waals surface area contributed by atoms with Gasteiger partial charge in [0.05, 0.1) is 9.75 Å². The summed E-state index contributed by atoms with van der Waals surface area (Å²) < 4.78 is 0. The number of primary amides is 1. The van der Waals surface area contributed by atoms with Crippen molar-refractivity contribution >= 4 is 39.9 Å². The summed E-state index contributed by atoms with van der Waals surface area (Å²) in [5, 5.41) is 4.08. The first-order valence-corrected chi connectivity index (χ1v) is 7.84. The Morgan fingerprint density at radius 3 is 2.28 bits per heavy atom. The number of hydrogen-bond acceptors (Lipinski definition) is 4. The highest BCUT2D eigenvalue weighted by Gasteiger charge is 2.16. The van der Waals surface area contributed by atoms with Gasteiger partial charge in [-0.1, -0.05) is 12.1 Å². The van der Waals surface area contributed by atoms with Gasteiger partial charge in [0.1, 0.15) is 0 Å². The largest absolute Gasteiger partial charge is 0.365 e. The van der Waals surface area contributed by atoms with Crippen molar-refractivity contribution < 1.29 is 4.79 Å². The topological polar surface area (TPSA) is 43.1 Å². The Balaban J connectivity index is 2.20. The predicted molar refractivity (Wildman–Crippen MR) is 79.5 cm³/mol. The van der Waals surface area contributed by atoms with Crippen LogP contribution in [0.25, 0.3) is 20.2 Å². The Labute approximate surface area is 116 Å². The van der Waals surface area contributed by atoms with Crippen molar-refractivity contribution in [2.24, 2.45) is 5.73 Å². The van der Waals surface area contributed by atoms with Crippen LogP contribution < -0.4 is 5.73 Å². The molecule has 0 fully saturated rings. The first-order chi connectivity index (χ1) is 8.75. The molecule has 0 atom stereocenters. The second-order valence-electron chi connectivity index (χ2n) is 3.67. The fourth-order valence-electron chi connectivity index (χ4n) is 1.72. The van der Waals surface area contributed by atoms with Gasteiger partial charge in [-0.15, -0.1) is 34.0 Å². The quantitative estimate of drug-likeness (QED) is 0.768. The van der Waals surface area contributed by atoms with Crippen molar-refractivity contribution in [2.75, 3.05) is 0 Å². The Kier molecular flexibility index (Phi) is 3.03. The van der Waals surface area contributed by atoms with Gasteiger partial charge in [-0.05, 0) is 29.0 Å². The van der Waals surface area contributed by atoms with Crippen molar-refractivity contribution in [3.63, 3.8) is 0 Å². The second-order valence-corrected chi connectivity index (χ2v) is 6.62. The van der Waals surface area contributed by atoms with Gasteiger partial charge in [-0.2, -0.15) is 0 Å². The first-order valence-electron chi connectivity index (χ1n) is 5.27. The molecule has 3 rings (SSSR count). The zero-order valence-electron chi connectivity index (χ0n) is 9.25. The van der Waals surface area contributed by atoms with Crippen LogP contribution in [0.1, 0.15) is 9.67 Å². The van der Waals surface area contributed by atoms with Gasteiger partial charge in [0.25, 0.3) is 5.91 Å². The molecule has 2 N–H and O–H groups in total. The van der Waals surface area contributed by atoms with E-state index in [4.69, 9.17) is 5.73 Å². The molecule has 0 radical (unpaired) electrons. The van der Waals surface area contributed by atoms with Gasteiger partial charge < -0.3 is 5.73 Å². The van der Waals surface area contributed by atoms with Crippen molar-refractivity contribution in [3.05, 3.63) is 46.0 Å². The van der Waals surface area contributed by atoms with Crippen LogP contribution in [0.15, 0.2) is 41.1 Å². The van der Waals surface area contributed by atoms with Gasteiger partial charge >= 0.3 is 0 Å². The molecule has 18 heavy (non-hydrogen) atoms. The molecule has 0 saturated heterocycles. The van der Waals surface area contributed by atoms with Crippen molar-refractivity contribution in [3.8, 4) is 20.2 Å². The molecule has 90 valence electrons. The molecule has 0 aromatic carbocycles. The van der Waals surface area contributed by atoms with Gasteiger partial charge in [-0.3, -0.25) is 4.79 Å². The monoisotopic (exact) mass is 291 g/mol. The lowest BCUT2D eigenvalue weighted by Gasteiger charge is -1.97. The molecule has 0 spiro atoms. The maximum atomic E-state index is 11.3. The van der Waals surface area contributed by atoms with Crippen LogP contribution in [0.4, 0.5) is 0 Å². The number of carbonyl (C=O) groups is 1. The number of nitrogens with two attached hydrogens (primary N) is 1. The van der Waals surface area contributed by atoms with Crippen LogP contribution in [0.3, 0.4) is 0 Å². The summed E-state index contributed by atoms with van der Waals surface area (Å²) >= 11 is 4.81. The molecule has 0 unspecified atom stereocenters. The van der Waals surface area contributed by atoms with E-state index < -0.39 is 0 Å². The second kappa shape index (κ2) is 4.68. The van der Waals surface area contributed by atoms with Crippen LogP contribution in [-0.4, -0.2) is 5.91 Å². The number of thiophene rings is 3.